The molecule has 0 fully saturated rings. The predicted octanol–water partition coefficient (Wildman–Crippen LogP) is 5.61. The minimum atomic E-state index is -4.64. The van der Waals surface area contributed by atoms with Gasteiger partial charge in [-0.25, -0.2) is 8.42 Å². The summed E-state index contributed by atoms with van der Waals surface area (Å²) in [6.45, 7) is 3.36. The van der Waals surface area contributed by atoms with Gasteiger partial charge in [0.1, 0.15) is 5.75 Å². The number of ether oxygens (including phenoxy) is 1. The second-order valence-electron chi connectivity index (χ2n) is 8.36. The Labute approximate surface area is 199 Å². The number of fused-ring (bicyclic) bond motifs is 1. The molecule has 4 rings (SSSR count). The molecule has 1 unspecified atom stereocenters. The maximum absolute atomic E-state index is 13.4. The quantitative estimate of drug-likeness (QED) is 0.448. The predicted molar refractivity (Wildman–Crippen MR) is 124 cm³/mol. The van der Waals surface area contributed by atoms with Crippen molar-refractivity contribution in [2.24, 2.45) is 0 Å². The van der Waals surface area contributed by atoms with Gasteiger partial charge < -0.3 is 9.64 Å². The number of carbonyl (C=O) groups is 1. The zero-order valence-corrected chi connectivity index (χ0v) is 20.3. The third-order valence-corrected chi connectivity index (χ3v) is 7.81. The van der Waals surface area contributed by atoms with E-state index in [0.717, 1.165) is 58.5 Å². The minimum absolute atomic E-state index is 0.171. The van der Waals surface area contributed by atoms with E-state index in [0.29, 0.717) is 0 Å². The third-order valence-electron chi connectivity index (χ3n) is 5.61. The van der Waals surface area contributed by atoms with E-state index in [1.807, 2.05) is 25.1 Å². The number of hydrogen-bond donors (Lipinski definition) is 0. The molecule has 0 N–H and O–H groups in total. The van der Waals surface area contributed by atoms with Gasteiger partial charge in [-0.15, -0.1) is 11.3 Å². The van der Waals surface area contributed by atoms with Crippen LogP contribution < -0.4 is 4.74 Å². The zero-order valence-electron chi connectivity index (χ0n) is 18.6. The van der Waals surface area contributed by atoms with Crippen LogP contribution in [-0.2, 0) is 22.9 Å². The minimum Gasteiger partial charge on any atom is -0.480 e. The number of alkyl halides is 3. The largest absolute Gasteiger partial charge is 0.480 e. The second kappa shape index (κ2) is 8.74. The van der Waals surface area contributed by atoms with Crippen LogP contribution in [0.25, 0.3) is 10.4 Å². The van der Waals surface area contributed by atoms with Gasteiger partial charge in [0.2, 0.25) is 0 Å². The number of rotatable bonds is 5. The summed E-state index contributed by atoms with van der Waals surface area (Å²) < 4.78 is 68.3. The van der Waals surface area contributed by atoms with E-state index in [-0.39, 0.29) is 29.3 Å². The van der Waals surface area contributed by atoms with Crippen LogP contribution >= 0.6 is 11.3 Å². The molecule has 180 valence electrons. The molecule has 0 saturated carbocycles. The van der Waals surface area contributed by atoms with Crippen LogP contribution in [0.2, 0.25) is 0 Å². The van der Waals surface area contributed by atoms with E-state index in [1.165, 1.54) is 4.90 Å². The number of thiophene rings is 1. The van der Waals surface area contributed by atoms with Gasteiger partial charge in [0, 0.05) is 24.2 Å². The van der Waals surface area contributed by atoms with Crippen molar-refractivity contribution in [3.8, 4) is 16.2 Å². The van der Waals surface area contributed by atoms with E-state index in [4.69, 9.17) is 4.74 Å². The summed E-state index contributed by atoms with van der Waals surface area (Å²) in [6.07, 6.45) is -5.85. The standard InChI is InChI=1S/C24H22F3NO4S2/c1-14-8-22(33-13-14)16-4-5-17-11-28(12-18(17)9-16)23(29)20-10-19(34(3,30)31)6-7-21(20)32-15(2)24(25,26)27/h4-10,13,15H,11-12H2,1-3H3. The summed E-state index contributed by atoms with van der Waals surface area (Å²) >= 11 is 1.62. The van der Waals surface area contributed by atoms with Crippen LogP contribution in [0.5, 0.6) is 5.75 Å². The van der Waals surface area contributed by atoms with Crippen LogP contribution in [0.1, 0.15) is 34.0 Å². The van der Waals surface area contributed by atoms with E-state index >= 15 is 0 Å². The normalized spacial score (nSPS) is 14.7. The fourth-order valence-corrected chi connectivity index (χ4v) is 5.26. The monoisotopic (exact) mass is 509 g/mol. The molecule has 5 nitrogen and oxygen atoms in total. The molecule has 0 radical (unpaired) electrons. The second-order valence-corrected chi connectivity index (χ2v) is 11.3. The Balaban J connectivity index is 1.65. The summed E-state index contributed by atoms with van der Waals surface area (Å²) in [5, 5.41) is 2.05. The van der Waals surface area contributed by atoms with Crippen molar-refractivity contribution in [2.75, 3.05) is 6.26 Å². The molecule has 1 aromatic heterocycles. The number of amides is 1. The van der Waals surface area contributed by atoms with Gasteiger partial charge in [0.25, 0.3) is 5.91 Å². The van der Waals surface area contributed by atoms with Gasteiger partial charge in [-0.3, -0.25) is 4.79 Å². The third kappa shape index (κ3) is 4.97. The van der Waals surface area contributed by atoms with Crippen molar-refractivity contribution in [1.29, 1.82) is 0 Å². The van der Waals surface area contributed by atoms with Gasteiger partial charge in [0.15, 0.2) is 15.9 Å². The fourth-order valence-electron chi connectivity index (χ4n) is 3.71. The lowest BCUT2D eigenvalue weighted by Crippen LogP contribution is -2.32. The summed E-state index contributed by atoms with van der Waals surface area (Å²) in [6, 6.07) is 11.3. The number of aryl methyl sites for hydroxylation is 1. The summed E-state index contributed by atoms with van der Waals surface area (Å²) in [7, 11) is -3.69. The maximum atomic E-state index is 13.4. The molecule has 1 atom stereocenters. The first kappa shape index (κ1) is 24.3. The van der Waals surface area contributed by atoms with E-state index in [1.54, 1.807) is 11.3 Å². The summed E-state index contributed by atoms with van der Waals surface area (Å²) in [5.74, 6) is -0.910. The van der Waals surface area contributed by atoms with Gasteiger partial charge in [-0.1, -0.05) is 12.1 Å². The number of benzene rings is 2. The van der Waals surface area contributed by atoms with Crippen LogP contribution in [0.4, 0.5) is 13.2 Å². The molecule has 2 aromatic carbocycles. The van der Waals surface area contributed by atoms with Crippen molar-refractivity contribution in [1.82, 2.24) is 4.90 Å². The Morgan fingerprint density at radius 1 is 1.09 bits per heavy atom. The van der Waals surface area contributed by atoms with Crippen LogP contribution in [0.15, 0.2) is 52.7 Å². The molecule has 2 heterocycles. The first-order valence-electron chi connectivity index (χ1n) is 10.4. The molecule has 1 amide bonds. The van der Waals surface area contributed by atoms with Gasteiger partial charge in [0.05, 0.1) is 10.5 Å². The van der Waals surface area contributed by atoms with Crippen molar-refractivity contribution in [2.45, 2.75) is 44.1 Å². The lowest BCUT2D eigenvalue weighted by molar-refractivity contribution is -0.189. The topological polar surface area (TPSA) is 63.7 Å². The molecule has 0 saturated heterocycles. The molecule has 0 aliphatic carbocycles. The van der Waals surface area contributed by atoms with Crippen LogP contribution in [0.3, 0.4) is 0 Å². The average molecular weight is 510 g/mol. The van der Waals surface area contributed by atoms with Crippen LogP contribution in [-0.4, -0.2) is 37.8 Å². The Bertz CT molecular complexity index is 1360. The Hall–Kier alpha value is -2.85. The Morgan fingerprint density at radius 2 is 1.79 bits per heavy atom. The molecular weight excluding hydrogens is 487 g/mol. The van der Waals surface area contributed by atoms with Crippen molar-refractivity contribution in [3.05, 3.63) is 70.1 Å². The molecule has 0 bridgehead atoms. The smallest absolute Gasteiger partial charge is 0.425 e. The zero-order chi connectivity index (χ0) is 24.8. The lowest BCUT2D eigenvalue weighted by Gasteiger charge is -2.22. The molecule has 34 heavy (non-hydrogen) atoms. The van der Waals surface area contributed by atoms with Crippen LogP contribution in [0, 0.1) is 6.92 Å². The Morgan fingerprint density at radius 3 is 2.41 bits per heavy atom. The molecule has 1 aliphatic heterocycles. The lowest BCUT2D eigenvalue weighted by atomic mass is 10.1. The molecule has 10 heteroatoms. The first-order chi connectivity index (χ1) is 15.8. The first-order valence-corrected chi connectivity index (χ1v) is 13.1. The summed E-state index contributed by atoms with van der Waals surface area (Å²) in [4.78, 5) is 15.8. The summed E-state index contributed by atoms with van der Waals surface area (Å²) in [5.41, 5.74) is 3.82. The van der Waals surface area contributed by atoms with Crippen molar-refractivity contribution in [3.63, 3.8) is 0 Å². The van der Waals surface area contributed by atoms with E-state index in [2.05, 4.69) is 11.4 Å². The van der Waals surface area contributed by atoms with E-state index in [9.17, 15) is 26.4 Å². The number of hydrogen-bond acceptors (Lipinski definition) is 5. The number of nitrogens with zero attached hydrogens (tertiary/aromatic N) is 1. The fraction of sp³-hybridized carbons (Fsp3) is 0.292. The highest BCUT2D eigenvalue weighted by atomic mass is 32.2. The average Bonchev–Trinajstić information content (AvgIpc) is 3.37. The molecule has 0 spiro atoms. The number of carbonyl (C=O) groups excluding carboxylic acids is 1. The van der Waals surface area contributed by atoms with Gasteiger partial charge in [-0.2, -0.15) is 13.2 Å². The highest BCUT2D eigenvalue weighted by Gasteiger charge is 2.39. The molecular formula is C24H22F3NO4S2. The van der Waals surface area contributed by atoms with E-state index < -0.39 is 28.0 Å². The van der Waals surface area contributed by atoms with Crippen molar-refractivity contribution >= 4 is 27.1 Å². The number of halogens is 3. The van der Waals surface area contributed by atoms with Gasteiger partial charge >= 0.3 is 6.18 Å². The molecule has 1 aliphatic rings. The van der Waals surface area contributed by atoms with Crippen molar-refractivity contribution < 1.29 is 31.1 Å². The highest BCUT2D eigenvalue weighted by molar-refractivity contribution is 7.90. The van der Waals surface area contributed by atoms with Gasteiger partial charge in [-0.05, 0) is 71.8 Å². The maximum Gasteiger partial charge on any atom is 0.425 e. The number of sulfone groups is 1. The molecule has 3 aromatic rings. The SMILES string of the molecule is Cc1csc(-c2ccc3c(c2)CN(C(=O)c2cc(S(C)(=O)=O)ccc2OC(C)C(F)(F)F)C3)c1. The highest BCUT2D eigenvalue weighted by Crippen LogP contribution is 2.34. The Kier molecular flexibility index (Phi) is 6.24.